The molecule has 1 aromatic carbocycles. The monoisotopic (exact) mass is 696 g/mol. The second-order valence-corrected chi connectivity index (χ2v) is 14.7. The smallest absolute Gasteiger partial charge is 0.320 e. The number of carboxylic acids is 1. The number of Topliss-reactive ketones (excluding diaryl/α,β-unsaturated/α-hetero) is 1. The van der Waals surface area contributed by atoms with Crippen LogP contribution >= 0.6 is 23.2 Å². The van der Waals surface area contributed by atoms with E-state index < -0.39 is 64.4 Å². The van der Waals surface area contributed by atoms with Crippen LogP contribution in [0, 0.1) is 28.6 Å². The lowest BCUT2D eigenvalue weighted by atomic mass is 9.44. The van der Waals surface area contributed by atoms with Gasteiger partial charge in [0.1, 0.15) is 18.2 Å². The van der Waals surface area contributed by atoms with Crippen molar-refractivity contribution in [2.45, 2.75) is 76.3 Å². The van der Waals surface area contributed by atoms with Gasteiger partial charge in [0.2, 0.25) is 0 Å². The number of benzene rings is 1. The minimum Gasteiger partial charge on any atom is -0.480 e. The summed E-state index contributed by atoms with van der Waals surface area (Å²) < 4.78 is 16.9. The largest absolute Gasteiger partial charge is 0.480 e. The summed E-state index contributed by atoms with van der Waals surface area (Å²) in [5.41, 5.74) is 2.25. The van der Waals surface area contributed by atoms with Gasteiger partial charge in [-0.05, 0) is 80.7 Å². The van der Waals surface area contributed by atoms with Crippen LogP contribution in [0.25, 0.3) is 0 Å². The summed E-state index contributed by atoms with van der Waals surface area (Å²) >= 11 is 11.5. The number of hydrogen-bond acceptors (Lipinski definition) is 8. The molecule has 0 amide bonds. The molecule has 0 unspecified atom stereocenters. The number of anilines is 1. The number of alkyl halides is 3. The first kappa shape index (κ1) is 37.5. The summed E-state index contributed by atoms with van der Waals surface area (Å²) in [7, 11) is 0. The molecule has 0 spiro atoms. The van der Waals surface area contributed by atoms with Crippen LogP contribution in [0.2, 0.25) is 0 Å². The average molecular weight is 698 g/mol. The zero-order valence-electron chi connectivity index (χ0n) is 27.2. The van der Waals surface area contributed by atoms with Gasteiger partial charge in [-0.1, -0.05) is 37.6 Å². The van der Waals surface area contributed by atoms with Crippen LogP contribution < -0.4 is 10.6 Å². The Hall–Kier alpha value is -2.34. The molecule has 4 aliphatic rings. The fourth-order valence-electron chi connectivity index (χ4n) is 9.02. The van der Waals surface area contributed by atoms with E-state index in [0.717, 1.165) is 24.3 Å². The van der Waals surface area contributed by atoms with Gasteiger partial charge in [0, 0.05) is 47.3 Å². The highest BCUT2D eigenvalue weighted by atomic mass is 35.5. The Labute approximate surface area is 285 Å². The summed E-state index contributed by atoms with van der Waals surface area (Å²) in [5.74, 6) is -2.05. The van der Waals surface area contributed by atoms with Crippen molar-refractivity contribution in [2.75, 3.05) is 36.4 Å². The van der Waals surface area contributed by atoms with Crippen LogP contribution in [0.15, 0.2) is 48.1 Å². The van der Waals surface area contributed by atoms with Crippen LogP contribution in [-0.4, -0.2) is 92.8 Å². The number of carboxylic acid groups (broad SMARTS) is 1. The van der Waals surface area contributed by atoms with E-state index in [0.29, 0.717) is 43.0 Å². The molecule has 4 aliphatic carbocycles. The molecule has 9 atom stereocenters. The van der Waals surface area contributed by atoms with Crippen molar-refractivity contribution in [1.29, 1.82) is 0 Å². The van der Waals surface area contributed by atoms with Gasteiger partial charge in [-0.25, -0.2) is 4.39 Å². The molecule has 260 valence electrons. The standard InChI is InChI=1S/C22H29FO5.C13H18Cl2N2O2/c1-12-8-16-15-5-4-13-9-14(25)6-7-19(13,2)21(15,23)17(26)10-20(16,3)22(12,28)18(27)11-24;14-5-7-17(8-6-15)11-3-1-10(2-4-11)9-12(16)13(18)19/h6-7,9,12,15-17,24,26,28H,4-5,8,10-11H2,1-3H3;1-4,12H,5-9,16H2,(H,18,19)/t12-,15+,16+,17+,19+,20+,21+,22+;12-/m10/s1. The molecule has 0 radical (unpaired) electrons. The highest BCUT2D eigenvalue weighted by molar-refractivity contribution is 6.18. The number of nitrogens with two attached hydrogens (primary N) is 1. The topological polar surface area (TPSA) is 161 Å². The Morgan fingerprint density at radius 1 is 1.13 bits per heavy atom. The molecule has 0 aromatic heterocycles. The lowest BCUT2D eigenvalue weighted by molar-refractivity contribution is -0.219. The number of rotatable bonds is 10. The van der Waals surface area contributed by atoms with Gasteiger partial charge in [-0.3, -0.25) is 14.4 Å². The maximum absolute atomic E-state index is 16.9. The fourth-order valence-corrected chi connectivity index (χ4v) is 9.43. The minimum absolute atomic E-state index is 0.0676. The number of aliphatic hydroxyl groups excluding tert-OH is 2. The van der Waals surface area contributed by atoms with E-state index >= 15 is 4.39 Å². The molecule has 0 aliphatic heterocycles. The molecular weight excluding hydrogens is 650 g/mol. The Balaban J connectivity index is 0.000000231. The lowest BCUT2D eigenvalue weighted by Gasteiger charge is -2.62. The number of aliphatic hydroxyl groups is 3. The van der Waals surface area contributed by atoms with Crippen molar-refractivity contribution in [1.82, 2.24) is 0 Å². The maximum atomic E-state index is 16.9. The molecule has 0 bridgehead atoms. The molecule has 12 heteroatoms. The van der Waals surface area contributed by atoms with E-state index in [4.69, 9.17) is 34.0 Å². The van der Waals surface area contributed by atoms with E-state index in [9.17, 15) is 29.7 Å². The first-order valence-corrected chi connectivity index (χ1v) is 17.2. The van der Waals surface area contributed by atoms with E-state index in [1.165, 1.54) is 12.2 Å². The number of ketones is 2. The van der Waals surface area contributed by atoms with E-state index in [1.807, 2.05) is 24.3 Å². The van der Waals surface area contributed by atoms with Crippen molar-refractivity contribution in [3.05, 3.63) is 53.6 Å². The van der Waals surface area contributed by atoms with Crippen LogP contribution in [0.1, 0.15) is 52.0 Å². The average Bonchev–Trinajstić information content (AvgIpc) is 3.23. The Morgan fingerprint density at radius 3 is 2.30 bits per heavy atom. The van der Waals surface area contributed by atoms with Crippen molar-refractivity contribution in [3.8, 4) is 0 Å². The lowest BCUT2D eigenvalue weighted by Crippen LogP contribution is -2.69. The Kier molecular flexibility index (Phi) is 11.4. The van der Waals surface area contributed by atoms with Crippen molar-refractivity contribution >= 4 is 46.4 Å². The second-order valence-electron chi connectivity index (χ2n) is 13.9. The fraction of sp³-hybridized carbons (Fsp3) is 0.629. The van der Waals surface area contributed by atoms with E-state index in [-0.39, 0.29) is 18.1 Å². The normalized spacial score (nSPS) is 36.2. The van der Waals surface area contributed by atoms with Crippen LogP contribution in [0.3, 0.4) is 0 Å². The van der Waals surface area contributed by atoms with E-state index in [1.54, 1.807) is 26.8 Å². The molecule has 3 saturated carbocycles. The maximum Gasteiger partial charge on any atom is 0.320 e. The van der Waals surface area contributed by atoms with Gasteiger partial charge < -0.3 is 31.1 Å². The van der Waals surface area contributed by atoms with Crippen molar-refractivity contribution in [3.63, 3.8) is 0 Å². The van der Waals surface area contributed by atoms with Gasteiger partial charge in [0.25, 0.3) is 0 Å². The predicted octanol–water partition coefficient (Wildman–Crippen LogP) is 3.82. The number of hydrogen-bond donors (Lipinski definition) is 5. The highest BCUT2D eigenvalue weighted by Gasteiger charge is 2.75. The highest BCUT2D eigenvalue weighted by Crippen LogP contribution is 2.70. The molecule has 0 heterocycles. The molecular formula is C35H47Cl2FN2O7. The van der Waals surface area contributed by atoms with Gasteiger partial charge in [0.05, 0.1) is 6.10 Å². The summed E-state index contributed by atoms with van der Waals surface area (Å²) in [4.78, 5) is 37.2. The zero-order chi connectivity index (χ0) is 34.9. The molecule has 47 heavy (non-hydrogen) atoms. The summed E-state index contributed by atoms with van der Waals surface area (Å²) in [6.45, 7) is 5.93. The summed E-state index contributed by atoms with van der Waals surface area (Å²) in [6.07, 6.45) is 4.76. The summed E-state index contributed by atoms with van der Waals surface area (Å²) in [6, 6.07) is 6.76. The van der Waals surface area contributed by atoms with Gasteiger partial charge in [-0.15, -0.1) is 23.2 Å². The number of aliphatic carboxylic acids is 1. The van der Waals surface area contributed by atoms with Gasteiger partial charge in [-0.2, -0.15) is 0 Å². The summed E-state index contributed by atoms with van der Waals surface area (Å²) in [5, 5.41) is 40.7. The molecule has 5 rings (SSSR count). The number of allylic oxidation sites excluding steroid dienone is 4. The third kappa shape index (κ3) is 6.30. The van der Waals surface area contributed by atoms with Gasteiger partial charge >= 0.3 is 5.97 Å². The van der Waals surface area contributed by atoms with Crippen molar-refractivity contribution < 1.29 is 39.2 Å². The van der Waals surface area contributed by atoms with Gasteiger partial charge in [0.15, 0.2) is 17.2 Å². The number of nitrogens with zero attached hydrogens (tertiary/aromatic N) is 1. The predicted molar refractivity (Wildman–Crippen MR) is 179 cm³/mol. The first-order chi connectivity index (χ1) is 22.0. The molecule has 3 fully saturated rings. The number of carbonyl (C=O) groups excluding carboxylic acids is 2. The van der Waals surface area contributed by atoms with Crippen LogP contribution in [0.4, 0.5) is 10.1 Å². The first-order valence-electron chi connectivity index (χ1n) is 16.2. The number of fused-ring (bicyclic) bond motifs is 5. The van der Waals surface area contributed by atoms with Crippen LogP contribution in [-0.2, 0) is 20.8 Å². The van der Waals surface area contributed by atoms with Crippen LogP contribution in [0.5, 0.6) is 0 Å². The zero-order valence-corrected chi connectivity index (χ0v) is 28.7. The van der Waals surface area contributed by atoms with Crippen molar-refractivity contribution in [2.24, 2.45) is 34.3 Å². The molecule has 0 saturated heterocycles. The third-order valence-electron chi connectivity index (χ3n) is 11.6. The molecule has 1 aromatic rings. The van der Waals surface area contributed by atoms with E-state index in [2.05, 4.69) is 4.90 Å². The minimum atomic E-state index is -1.98. The number of halogens is 3. The SMILES string of the molecule is C[C@@H]1C[C@H]2[C@@H]3CCC4=CC(=O)C=C[C@]4(C)[C@@]3(F)[C@@H](O)C[C@]2(C)[C@@]1(O)C(=O)CO.N[C@@H](Cc1ccc(N(CCCl)CCCl)cc1)C(=O)O. The Bertz CT molecular complexity index is 1400. The quantitative estimate of drug-likeness (QED) is 0.229. The number of carbonyl (C=O) groups is 3. The molecule has 6 N–H and O–H groups in total. The molecule has 9 nitrogen and oxygen atoms in total. The Morgan fingerprint density at radius 2 is 1.74 bits per heavy atom. The third-order valence-corrected chi connectivity index (χ3v) is 11.9. The second kappa shape index (κ2) is 14.3.